The largest absolute Gasteiger partial charge is 0.361 e. The van der Waals surface area contributed by atoms with E-state index in [9.17, 15) is 0 Å². The molecule has 1 aromatic rings. The van der Waals surface area contributed by atoms with Crippen LogP contribution in [0.3, 0.4) is 0 Å². The first-order valence-corrected chi connectivity index (χ1v) is 7.26. The van der Waals surface area contributed by atoms with Crippen molar-refractivity contribution in [1.82, 2.24) is 4.98 Å². The van der Waals surface area contributed by atoms with Crippen LogP contribution in [0.2, 0.25) is 0 Å². The van der Waals surface area contributed by atoms with Gasteiger partial charge in [-0.05, 0) is 40.6 Å². The van der Waals surface area contributed by atoms with Gasteiger partial charge in [0.1, 0.15) is 4.60 Å². The molecule has 0 radical (unpaired) electrons. The Hall–Kier alpha value is -0.0900. The van der Waals surface area contributed by atoms with Crippen LogP contribution in [0.15, 0.2) is 9.98 Å². The fraction of sp³-hybridized carbons (Fsp3) is 0.727. The number of aromatic nitrogens is 1. The van der Waals surface area contributed by atoms with Gasteiger partial charge in [0.2, 0.25) is 0 Å². The summed E-state index contributed by atoms with van der Waals surface area (Å²) in [7, 11) is 0. The molecule has 1 fully saturated rings. The van der Waals surface area contributed by atoms with Crippen LogP contribution in [-0.2, 0) is 0 Å². The molecule has 4 heteroatoms. The molecule has 0 aliphatic heterocycles. The van der Waals surface area contributed by atoms with E-state index in [-0.39, 0.29) is 0 Å². The Morgan fingerprint density at radius 3 is 3.13 bits per heavy atom. The molecular formula is C11H17BrN2S. The number of thiazole rings is 1. The first-order valence-electron chi connectivity index (χ1n) is 5.59. The van der Waals surface area contributed by atoms with Crippen molar-refractivity contribution in [2.24, 2.45) is 11.8 Å². The molecule has 15 heavy (non-hydrogen) atoms. The van der Waals surface area contributed by atoms with Gasteiger partial charge in [0.15, 0.2) is 5.13 Å². The zero-order chi connectivity index (χ0) is 10.7. The van der Waals surface area contributed by atoms with Crippen LogP contribution in [0.1, 0.15) is 32.6 Å². The molecule has 1 aromatic heterocycles. The molecule has 1 aliphatic rings. The van der Waals surface area contributed by atoms with Crippen molar-refractivity contribution < 1.29 is 0 Å². The van der Waals surface area contributed by atoms with Crippen molar-refractivity contribution in [3.05, 3.63) is 9.98 Å². The van der Waals surface area contributed by atoms with E-state index in [4.69, 9.17) is 0 Å². The lowest BCUT2D eigenvalue weighted by Crippen LogP contribution is -2.20. The monoisotopic (exact) mass is 288 g/mol. The summed E-state index contributed by atoms with van der Waals surface area (Å²) >= 11 is 5.04. The van der Waals surface area contributed by atoms with Gasteiger partial charge in [0, 0.05) is 11.9 Å². The van der Waals surface area contributed by atoms with Crippen LogP contribution < -0.4 is 5.32 Å². The smallest absolute Gasteiger partial charge is 0.183 e. The summed E-state index contributed by atoms with van der Waals surface area (Å²) in [6.07, 6.45) is 5.57. The van der Waals surface area contributed by atoms with Crippen molar-refractivity contribution in [3.63, 3.8) is 0 Å². The number of nitrogens with zero attached hydrogens (tertiary/aromatic N) is 1. The number of nitrogens with one attached hydrogen (secondary N) is 1. The molecule has 1 aliphatic carbocycles. The molecule has 2 atom stereocenters. The summed E-state index contributed by atoms with van der Waals surface area (Å²) in [5.41, 5.74) is 0. The van der Waals surface area contributed by atoms with E-state index in [0.717, 1.165) is 28.1 Å². The summed E-state index contributed by atoms with van der Waals surface area (Å²) in [6.45, 7) is 3.45. The van der Waals surface area contributed by atoms with Crippen LogP contribution in [0.4, 0.5) is 5.13 Å². The lowest BCUT2D eigenvalue weighted by Gasteiger charge is -2.26. The molecule has 1 N–H and O–H groups in total. The number of rotatable bonds is 3. The number of halogens is 1. The first-order chi connectivity index (χ1) is 7.24. The minimum Gasteiger partial charge on any atom is -0.361 e. The highest BCUT2D eigenvalue weighted by Gasteiger charge is 2.18. The maximum absolute atomic E-state index is 4.34. The van der Waals surface area contributed by atoms with E-state index in [1.54, 1.807) is 11.3 Å². The van der Waals surface area contributed by atoms with Crippen molar-refractivity contribution in [2.75, 3.05) is 11.9 Å². The first kappa shape index (κ1) is 11.4. The SMILES string of the molecule is CC1CCCC(CNc2nc(Br)cs2)C1. The van der Waals surface area contributed by atoms with Crippen LogP contribution in [0.5, 0.6) is 0 Å². The molecule has 0 spiro atoms. The molecule has 0 amide bonds. The highest BCUT2D eigenvalue weighted by molar-refractivity contribution is 9.10. The van der Waals surface area contributed by atoms with Gasteiger partial charge in [0.05, 0.1) is 0 Å². The molecule has 0 aromatic carbocycles. The van der Waals surface area contributed by atoms with Crippen molar-refractivity contribution in [2.45, 2.75) is 32.6 Å². The second kappa shape index (κ2) is 5.30. The lowest BCUT2D eigenvalue weighted by atomic mass is 9.82. The molecule has 2 nitrogen and oxygen atoms in total. The van der Waals surface area contributed by atoms with E-state index < -0.39 is 0 Å². The molecular weight excluding hydrogens is 272 g/mol. The fourth-order valence-electron chi connectivity index (χ4n) is 2.31. The zero-order valence-corrected chi connectivity index (χ0v) is 11.4. The van der Waals surface area contributed by atoms with Gasteiger partial charge in [-0.1, -0.05) is 19.8 Å². The van der Waals surface area contributed by atoms with Crippen LogP contribution >= 0.6 is 27.3 Å². The predicted molar refractivity (Wildman–Crippen MR) is 69.4 cm³/mol. The third kappa shape index (κ3) is 3.45. The minimum absolute atomic E-state index is 0.844. The second-order valence-electron chi connectivity index (χ2n) is 4.49. The van der Waals surface area contributed by atoms with E-state index in [2.05, 4.69) is 33.2 Å². The summed E-state index contributed by atoms with van der Waals surface area (Å²) in [6, 6.07) is 0. The number of hydrogen-bond acceptors (Lipinski definition) is 3. The third-order valence-corrected chi connectivity index (χ3v) is 4.57. The van der Waals surface area contributed by atoms with E-state index >= 15 is 0 Å². The Balaban J connectivity index is 1.77. The molecule has 0 saturated heterocycles. The quantitative estimate of drug-likeness (QED) is 0.904. The van der Waals surface area contributed by atoms with Crippen molar-refractivity contribution in [3.8, 4) is 0 Å². The summed E-state index contributed by atoms with van der Waals surface area (Å²) < 4.78 is 0.937. The van der Waals surface area contributed by atoms with E-state index in [1.165, 1.54) is 25.7 Å². The van der Waals surface area contributed by atoms with Crippen LogP contribution in [0, 0.1) is 11.8 Å². The van der Waals surface area contributed by atoms with Gasteiger partial charge in [-0.3, -0.25) is 0 Å². The zero-order valence-electron chi connectivity index (χ0n) is 9.00. The average Bonchev–Trinajstić information content (AvgIpc) is 2.62. The topological polar surface area (TPSA) is 24.9 Å². The molecule has 0 bridgehead atoms. The second-order valence-corrected chi connectivity index (χ2v) is 6.16. The Kier molecular flexibility index (Phi) is 4.03. The molecule has 84 valence electrons. The Labute approximate surface area is 104 Å². The van der Waals surface area contributed by atoms with Crippen LogP contribution in [-0.4, -0.2) is 11.5 Å². The van der Waals surface area contributed by atoms with Gasteiger partial charge in [-0.2, -0.15) is 0 Å². The van der Waals surface area contributed by atoms with Crippen LogP contribution in [0.25, 0.3) is 0 Å². The van der Waals surface area contributed by atoms with Crippen molar-refractivity contribution >= 4 is 32.4 Å². The summed E-state index contributed by atoms with van der Waals surface area (Å²) in [5, 5.41) is 6.49. The normalized spacial score (nSPS) is 26.5. The maximum atomic E-state index is 4.34. The number of anilines is 1. The van der Waals surface area contributed by atoms with Gasteiger partial charge < -0.3 is 5.32 Å². The van der Waals surface area contributed by atoms with Crippen molar-refractivity contribution in [1.29, 1.82) is 0 Å². The maximum Gasteiger partial charge on any atom is 0.183 e. The highest BCUT2D eigenvalue weighted by atomic mass is 79.9. The number of hydrogen-bond donors (Lipinski definition) is 1. The highest BCUT2D eigenvalue weighted by Crippen LogP contribution is 2.29. The molecule has 1 saturated carbocycles. The van der Waals surface area contributed by atoms with E-state index in [1.807, 2.05) is 5.38 Å². The molecule has 1 heterocycles. The van der Waals surface area contributed by atoms with Gasteiger partial charge in [-0.25, -0.2) is 4.98 Å². The van der Waals surface area contributed by atoms with Gasteiger partial charge >= 0.3 is 0 Å². The Morgan fingerprint density at radius 2 is 2.47 bits per heavy atom. The van der Waals surface area contributed by atoms with Gasteiger partial charge in [-0.15, -0.1) is 11.3 Å². The fourth-order valence-corrected chi connectivity index (χ4v) is 3.47. The standard InChI is InChI=1S/C11H17BrN2S/c1-8-3-2-4-9(5-8)6-13-11-14-10(12)7-15-11/h7-9H,2-6H2,1H3,(H,13,14). The third-order valence-electron chi connectivity index (χ3n) is 3.06. The summed E-state index contributed by atoms with van der Waals surface area (Å²) in [4.78, 5) is 4.34. The Bertz CT molecular complexity index is 313. The van der Waals surface area contributed by atoms with E-state index in [0.29, 0.717) is 0 Å². The molecule has 2 unspecified atom stereocenters. The minimum atomic E-state index is 0.844. The predicted octanol–water partition coefficient (Wildman–Crippen LogP) is 4.14. The summed E-state index contributed by atoms with van der Waals surface area (Å²) in [5.74, 6) is 1.75. The average molecular weight is 289 g/mol. The lowest BCUT2D eigenvalue weighted by molar-refractivity contribution is 0.293. The Morgan fingerprint density at radius 1 is 1.60 bits per heavy atom. The van der Waals surface area contributed by atoms with Gasteiger partial charge in [0.25, 0.3) is 0 Å². The molecule has 2 rings (SSSR count).